The molecule has 8 nitrogen and oxygen atoms in total. The first-order valence-corrected chi connectivity index (χ1v) is 10.3. The van der Waals surface area contributed by atoms with Crippen LogP contribution in [0.4, 0.5) is 30.7 Å². The molecule has 0 aromatic heterocycles. The number of carbonyl (C=O) groups excluding carboxylic acids is 2. The Balaban J connectivity index is 3.20. The van der Waals surface area contributed by atoms with Gasteiger partial charge in [-0.1, -0.05) is 13.0 Å². The van der Waals surface area contributed by atoms with E-state index in [4.69, 9.17) is 0 Å². The van der Waals surface area contributed by atoms with Gasteiger partial charge in [-0.05, 0) is 25.7 Å². The molecule has 0 aromatic carbocycles. The number of ether oxygens (including phenoxy) is 3. The Morgan fingerprint density at radius 1 is 1.03 bits per heavy atom. The van der Waals surface area contributed by atoms with Crippen molar-refractivity contribution in [2.75, 3.05) is 6.61 Å². The SMILES string of the molecule is C=CC(=O)OC(OCCC(F)(F)C(F)(F)S(=O)(=O)[O-])(C(=O)OC1CCCCC1)C(F)(F)F. The third kappa shape index (κ3) is 6.10. The maximum Gasteiger partial charge on any atom is 0.468 e. The monoisotopic (exact) mass is 503 g/mol. The molecule has 32 heavy (non-hydrogen) atoms. The van der Waals surface area contributed by atoms with Crippen LogP contribution < -0.4 is 0 Å². The highest BCUT2D eigenvalue weighted by Crippen LogP contribution is 2.42. The summed E-state index contributed by atoms with van der Waals surface area (Å²) in [6.45, 7) is 0.715. The van der Waals surface area contributed by atoms with Crippen LogP contribution in [0.5, 0.6) is 0 Å². The van der Waals surface area contributed by atoms with Crippen molar-refractivity contribution in [3.05, 3.63) is 12.7 Å². The molecule has 0 aromatic rings. The van der Waals surface area contributed by atoms with Crippen molar-refractivity contribution >= 4 is 22.1 Å². The molecule has 0 radical (unpaired) electrons. The summed E-state index contributed by atoms with van der Waals surface area (Å²) in [4.78, 5) is 23.7. The van der Waals surface area contributed by atoms with Gasteiger partial charge in [-0.2, -0.15) is 30.7 Å². The van der Waals surface area contributed by atoms with Gasteiger partial charge < -0.3 is 18.8 Å². The molecule has 1 aliphatic rings. The standard InChI is InChI=1S/C16H19F7O8S/c1-2-11(24)31-14(15(19,20)21,12(25)30-10-6-4-3-5-7-10)29-9-8-13(17,18)16(22,23)32(26,27)28/h2,10H,1,3-9H2,(H,26,27,28)/p-1. The van der Waals surface area contributed by atoms with E-state index in [0.29, 0.717) is 19.3 Å². The summed E-state index contributed by atoms with van der Waals surface area (Å²) >= 11 is 0. The van der Waals surface area contributed by atoms with E-state index in [1.165, 1.54) is 0 Å². The normalized spacial score (nSPS) is 18.5. The molecule has 1 unspecified atom stereocenters. The zero-order chi connectivity index (χ0) is 25.0. The van der Waals surface area contributed by atoms with Gasteiger partial charge in [-0.25, -0.2) is 18.0 Å². The van der Waals surface area contributed by atoms with Crippen molar-refractivity contribution in [3.8, 4) is 0 Å². The molecule has 1 rings (SSSR count). The van der Waals surface area contributed by atoms with Crippen LogP contribution in [0.15, 0.2) is 12.7 Å². The molecule has 16 heteroatoms. The lowest BCUT2D eigenvalue weighted by Crippen LogP contribution is -2.59. The highest BCUT2D eigenvalue weighted by molar-refractivity contribution is 7.86. The summed E-state index contributed by atoms with van der Waals surface area (Å²) in [6.07, 6.45) is -7.36. The maximum absolute atomic E-state index is 13.7. The van der Waals surface area contributed by atoms with E-state index in [1.54, 1.807) is 0 Å². The highest BCUT2D eigenvalue weighted by Gasteiger charge is 2.69. The molecule has 0 aliphatic heterocycles. The lowest BCUT2D eigenvalue weighted by Gasteiger charge is -2.34. The first-order valence-electron chi connectivity index (χ1n) is 8.89. The van der Waals surface area contributed by atoms with Gasteiger partial charge in [0.25, 0.3) is 0 Å². The number of hydrogen-bond acceptors (Lipinski definition) is 8. The predicted molar refractivity (Wildman–Crippen MR) is 88.2 cm³/mol. The average Bonchev–Trinajstić information content (AvgIpc) is 2.65. The number of hydrogen-bond donors (Lipinski definition) is 0. The van der Waals surface area contributed by atoms with Gasteiger partial charge in [0.15, 0.2) is 10.1 Å². The molecule has 0 N–H and O–H groups in total. The number of rotatable bonds is 10. The van der Waals surface area contributed by atoms with Gasteiger partial charge in [0.05, 0.1) is 6.61 Å². The predicted octanol–water partition coefficient (Wildman–Crippen LogP) is 3.03. The Kier molecular flexibility index (Phi) is 8.70. The minimum absolute atomic E-state index is 0.140. The lowest BCUT2D eigenvalue weighted by atomic mass is 9.98. The van der Waals surface area contributed by atoms with E-state index in [1.807, 2.05) is 0 Å². The molecule has 1 fully saturated rings. The summed E-state index contributed by atoms with van der Waals surface area (Å²) < 4.78 is 138. The largest absolute Gasteiger partial charge is 0.743 e. The number of halogens is 7. The van der Waals surface area contributed by atoms with E-state index in [0.717, 1.165) is 0 Å². The molecule has 0 saturated heterocycles. The van der Waals surface area contributed by atoms with E-state index < -0.39 is 64.3 Å². The van der Waals surface area contributed by atoms with E-state index in [9.17, 15) is 53.3 Å². The van der Waals surface area contributed by atoms with Crippen LogP contribution in [0.3, 0.4) is 0 Å². The van der Waals surface area contributed by atoms with Crippen LogP contribution in [0.2, 0.25) is 0 Å². The minimum atomic E-state index is -6.91. The molecular formula is C16H18F7O8S-. The molecule has 186 valence electrons. The number of alkyl halides is 7. The van der Waals surface area contributed by atoms with Crippen molar-refractivity contribution in [2.45, 2.75) is 67.8 Å². The first-order chi connectivity index (χ1) is 14.4. The van der Waals surface area contributed by atoms with Crippen molar-refractivity contribution in [1.82, 2.24) is 0 Å². The average molecular weight is 503 g/mol. The van der Waals surface area contributed by atoms with Gasteiger partial charge in [0.1, 0.15) is 6.10 Å². The number of esters is 2. The Morgan fingerprint density at radius 2 is 1.56 bits per heavy atom. The summed E-state index contributed by atoms with van der Waals surface area (Å²) in [5, 5.41) is -6.20. The molecule has 1 atom stereocenters. The van der Waals surface area contributed by atoms with Crippen LogP contribution in [0.1, 0.15) is 38.5 Å². The van der Waals surface area contributed by atoms with Crippen molar-refractivity contribution in [3.63, 3.8) is 0 Å². The Labute approximate surface area is 177 Å². The van der Waals surface area contributed by atoms with E-state index in [2.05, 4.69) is 20.8 Å². The second kappa shape index (κ2) is 9.91. The van der Waals surface area contributed by atoms with Gasteiger partial charge in [0, 0.05) is 12.5 Å². The fourth-order valence-electron chi connectivity index (χ4n) is 2.63. The molecule has 1 aliphatic carbocycles. The van der Waals surface area contributed by atoms with E-state index >= 15 is 0 Å². The summed E-state index contributed by atoms with van der Waals surface area (Å²) in [7, 11) is -6.91. The molecule has 0 bridgehead atoms. The van der Waals surface area contributed by atoms with Gasteiger partial charge in [-0.15, -0.1) is 0 Å². The second-order valence-electron chi connectivity index (χ2n) is 6.68. The quantitative estimate of drug-likeness (QED) is 0.147. The third-order valence-electron chi connectivity index (χ3n) is 4.34. The summed E-state index contributed by atoms with van der Waals surface area (Å²) in [6, 6.07) is 0. The van der Waals surface area contributed by atoms with Gasteiger partial charge in [-0.3, -0.25) is 0 Å². The topological polar surface area (TPSA) is 119 Å². The zero-order valence-corrected chi connectivity index (χ0v) is 16.9. The van der Waals surface area contributed by atoms with Crippen molar-refractivity contribution in [2.24, 2.45) is 0 Å². The smallest absolute Gasteiger partial charge is 0.468 e. The van der Waals surface area contributed by atoms with Gasteiger partial charge in [0.2, 0.25) is 0 Å². The second-order valence-corrected chi connectivity index (χ2v) is 8.10. The molecule has 1 saturated carbocycles. The molecule has 0 amide bonds. The first kappa shape index (κ1) is 28.1. The highest BCUT2D eigenvalue weighted by atomic mass is 32.2. The Morgan fingerprint density at radius 3 is 2.00 bits per heavy atom. The van der Waals surface area contributed by atoms with Crippen molar-refractivity contribution < 1.29 is 67.5 Å². The molecule has 0 heterocycles. The van der Waals surface area contributed by atoms with E-state index in [-0.39, 0.29) is 18.9 Å². The zero-order valence-electron chi connectivity index (χ0n) is 16.1. The Bertz CT molecular complexity index is 806. The van der Waals surface area contributed by atoms with Crippen LogP contribution in [0, 0.1) is 0 Å². The van der Waals surface area contributed by atoms with Crippen LogP contribution in [0.25, 0.3) is 0 Å². The lowest BCUT2D eigenvalue weighted by molar-refractivity contribution is -0.358. The maximum atomic E-state index is 13.7. The fourth-order valence-corrected chi connectivity index (χ4v) is 3.10. The molecule has 0 spiro atoms. The Hall–Kier alpha value is -1.94. The molecular weight excluding hydrogens is 485 g/mol. The summed E-state index contributed by atoms with van der Waals surface area (Å²) in [5.41, 5.74) is 0. The van der Waals surface area contributed by atoms with Gasteiger partial charge >= 0.3 is 35.1 Å². The van der Waals surface area contributed by atoms with Crippen LogP contribution in [-0.2, 0) is 33.9 Å². The van der Waals surface area contributed by atoms with Crippen molar-refractivity contribution in [1.29, 1.82) is 0 Å². The minimum Gasteiger partial charge on any atom is -0.743 e. The number of carbonyl (C=O) groups is 2. The fraction of sp³-hybridized carbons (Fsp3) is 0.750. The van der Waals surface area contributed by atoms with Crippen LogP contribution in [-0.4, -0.2) is 60.8 Å². The van der Waals surface area contributed by atoms with Crippen LogP contribution >= 0.6 is 0 Å². The summed E-state index contributed by atoms with van der Waals surface area (Å²) in [5.74, 6) is -14.6. The third-order valence-corrected chi connectivity index (χ3v) is 5.27.